The highest BCUT2D eigenvalue weighted by Crippen LogP contribution is 2.40. The van der Waals surface area contributed by atoms with E-state index < -0.39 is 0 Å². The second-order valence-corrected chi connectivity index (χ2v) is 9.72. The minimum absolute atomic E-state index is 0.0117. The van der Waals surface area contributed by atoms with Crippen molar-refractivity contribution in [3.8, 4) is 22.9 Å². The maximum Gasteiger partial charge on any atom is 0.261 e. The van der Waals surface area contributed by atoms with E-state index in [4.69, 9.17) is 4.98 Å². The van der Waals surface area contributed by atoms with Crippen LogP contribution in [-0.4, -0.2) is 9.55 Å². The van der Waals surface area contributed by atoms with Gasteiger partial charge in [0.1, 0.15) is 5.82 Å². The van der Waals surface area contributed by atoms with E-state index in [0.717, 1.165) is 52.3 Å². The Bertz CT molecular complexity index is 1470. The molecule has 0 atom stereocenters. The molecule has 0 saturated heterocycles. The molecule has 0 radical (unpaired) electrons. The third-order valence-corrected chi connectivity index (χ3v) is 6.83. The summed E-state index contributed by atoms with van der Waals surface area (Å²) in [5, 5.41) is 9.84. The van der Waals surface area contributed by atoms with Crippen LogP contribution < -0.4 is 5.56 Å². The van der Waals surface area contributed by atoms with Crippen molar-refractivity contribution in [1.82, 2.24) is 9.55 Å². The molecular formula is C31H29N3O. The molecule has 1 saturated carbocycles. The second-order valence-electron chi connectivity index (χ2n) is 9.72. The first-order valence-corrected chi connectivity index (χ1v) is 12.3. The molecule has 0 bridgehead atoms. The molecule has 1 heterocycles. The number of aryl methyl sites for hydroxylation is 1. The molecule has 1 aliphatic carbocycles. The summed E-state index contributed by atoms with van der Waals surface area (Å²) in [7, 11) is 0. The molecule has 0 unspecified atom stereocenters. The standard InChI is InChI=1S/C31H29N3O/c1-20(2)23-12-14-27(15-13-23)34-21(3)33-30(25-10-11-25)29(31(34)35)18-22-9-16-28(26(17-22)19-32)24-7-5-4-6-8-24/h4-9,12-17,20,25H,10-11,18H2,1-3H3. The highest BCUT2D eigenvalue weighted by molar-refractivity contribution is 5.71. The van der Waals surface area contributed by atoms with Gasteiger partial charge in [0.05, 0.1) is 23.0 Å². The highest BCUT2D eigenvalue weighted by Gasteiger charge is 2.30. The fourth-order valence-electron chi connectivity index (χ4n) is 4.72. The molecule has 4 aromatic rings. The molecule has 1 aromatic heterocycles. The Balaban J connectivity index is 1.57. The number of hydrogen-bond acceptors (Lipinski definition) is 3. The van der Waals surface area contributed by atoms with Crippen molar-refractivity contribution in [3.05, 3.63) is 117 Å². The molecule has 0 N–H and O–H groups in total. The van der Waals surface area contributed by atoms with Gasteiger partial charge in [0.25, 0.3) is 5.56 Å². The van der Waals surface area contributed by atoms with Crippen LogP contribution in [0.25, 0.3) is 16.8 Å². The maximum atomic E-state index is 13.9. The summed E-state index contributed by atoms with van der Waals surface area (Å²) in [6, 6.07) is 26.4. The lowest BCUT2D eigenvalue weighted by Crippen LogP contribution is -2.28. The Morgan fingerprint density at radius 3 is 2.37 bits per heavy atom. The van der Waals surface area contributed by atoms with Gasteiger partial charge in [0, 0.05) is 17.9 Å². The summed E-state index contributed by atoms with van der Waals surface area (Å²) >= 11 is 0. The summed E-state index contributed by atoms with van der Waals surface area (Å²) in [5.74, 6) is 1.50. The molecule has 4 nitrogen and oxygen atoms in total. The van der Waals surface area contributed by atoms with E-state index >= 15 is 0 Å². The monoisotopic (exact) mass is 459 g/mol. The average Bonchev–Trinajstić information content (AvgIpc) is 3.72. The SMILES string of the molecule is Cc1nc(C2CC2)c(Cc2ccc(-c3ccccc3)c(C#N)c2)c(=O)n1-c1ccc(C(C)C)cc1. The molecule has 4 heteroatoms. The van der Waals surface area contributed by atoms with Gasteiger partial charge in [0.15, 0.2) is 0 Å². The smallest absolute Gasteiger partial charge is 0.261 e. The zero-order valence-electron chi connectivity index (χ0n) is 20.5. The van der Waals surface area contributed by atoms with Gasteiger partial charge in [-0.25, -0.2) is 4.98 Å². The lowest BCUT2D eigenvalue weighted by atomic mass is 9.95. The van der Waals surface area contributed by atoms with Gasteiger partial charge < -0.3 is 0 Å². The Kier molecular flexibility index (Phi) is 6.09. The van der Waals surface area contributed by atoms with Crippen LogP contribution in [0.3, 0.4) is 0 Å². The molecule has 1 fully saturated rings. The molecule has 0 aliphatic heterocycles. The molecule has 3 aromatic carbocycles. The van der Waals surface area contributed by atoms with Gasteiger partial charge in [-0.1, -0.05) is 68.4 Å². The second kappa shape index (κ2) is 9.35. The normalized spacial score (nSPS) is 13.1. The summed E-state index contributed by atoms with van der Waals surface area (Å²) < 4.78 is 1.73. The topological polar surface area (TPSA) is 58.7 Å². The third-order valence-electron chi connectivity index (χ3n) is 6.83. The van der Waals surface area contributed by atoms with Crippen molar-refractivity contribution < 1.29 is 0 Å². The van der Waals surface area contributed by atoms with Crippen LogP contribution in [0.15, 0.2) is 77.6 Å². The predicted molar refractivity (Wildman–Crippen MR) is 140 cm³/mol. The van der Waals surface area contributed by atoms with Gasteiger partial charge >= 0.3 is 0 Å². The van der Waals surface area contributed by atoms with E-state index in [2.05, 4.69) is 32.0 Å². The van der Waals surface area contributed by atoms with Crippen LogP contribution in [-0.2, 0) is 6.42 Å². The van der Waals surface area contributed by atoms with Crippen LogP contribution in [0.5, 0.6) is 0 Å². The van der Waals surface area contributed by atoms with Crippen LogP contribution in [0.4, 0.5) is 0 Å². The summed E-state index contributed by atoms with van der Waals surface area (Å²) in [4.78, 5) is 18.8. The number of aromatic nitrogens is 2. The Morgan fingerprint density at radius 2 is 1.74 bits per heavy atom. The largest absolute Gasteiger partial charge is 0.269 e. The van der Waals surface area contributed by atoms with Crippen LogP contribution in [0.2, 0.25) is 0 Å². The first kappa shape index (κ1) is 22.8. The van der Waals surface area contributed by atoms with E-state index in [-0.39, 0.29) is 5.56 Å². The fraction of sp³-hybridized carbons (Fsp3) is 0.258. The van der Waals surface area contributed by atoms with Gasteiger partial charge in [-0.05, 0) is 66.1 Å². The van der Waals surface area contributed by atoms with E-state index in [1.807, 2.05) is 67.6 Å². The zero-order chi connectivity index (χ0) is 24.5. The lowest BCUT2D eigenvalue weighted by molar-refractivity contribution is 0.797. The molecular weight excluding hydrogens is 430 g/mol. The molecule has 0 amide bonds. The molecule has 1 aliphatic rings. The van der Waals surface area contributed by atoms with E-state index in [1.54, 1.807) is 4.57 Å². The van der Waals surface area contributed by atoms with Crippen molar-refractivity contribution >= 4 is 0 Å². The Morgan fingerprint density at radius 1 is 1.03 bits per heavy atom. The summed E-state index contributed by atoms with van der Waals surface area (Å²) in [6.45, 7) is 6.24. The average molecular weight is 460 g/mol. The quantitative estimate of drug-likeness (QED) is 0.323. The first-order chi connectivity index (χ1) is 17.0. The number of hydrogen-bond donors (Lipinski definition) is 0. The van der Waals surface area contributed by atoms with Gasteiger partial charge in [-0.2, -0.15) is 5.26 Å². The van der Waals surface area contributed by atoms with Crippen molar-refractivity contribution in [1.29, 1.82) is 5.26 Å². The van der Waals surface area contributed by atoms with Crippen LogP contribution in [0, 0.1) is 18.3 Å². The molecule has 174 valence electrons. The Hall–Kier alpha value is -3.97. The molecule has 5 rings (SSSR count). The first-order valence-electron chi connectivity index (χ1n) is 12.3. The number of rotatable bonds is 6. The van der Waals surface area contributed by atoms with Crippen molar-refractivity contribution in [3.63, 3.8) is 0 Å². The predicted octanol–water partition coefficient (Wildman–Crippen LogP) is 6.67. The fourth-order valence-corrected chi connectivity index (χ4v) is 4.72. The lowest BCUT2D eigenvalue weighted by Gasteiger charge is -2.16. The molecule has 35 heavy (non-hydrogen) atoms. The van der Waals surface area contributed by atoms with Crippen molar-refractivity contribution in [2.24, 2.45) is 0 Å². The number of nitriles is 1. The highest BCUT2D eigenvalue weighted by atomic mass is 16.1. The van der Waals surface area contributed by atoms with E-state index in [1.165, 1.54) is 5.56 Å². The Labute approximate surface area is 206 Å². The minimum atomic E-state index is -0.0117. The van der Waals surface area contributed by atoms with Gasteiger partial charge in [-0.3, -0.25) is 9.36 Å². The number of benzene rings is 3. The summed E-state index contributed by atoms with van der Waals surface area (Å²) in [6.07, 6.45) is 2.61. The van der Waals surface area contributed by atoms with Gasteiger partial charge in [0.2, 0.25) is 0 Å². The maximum absolute atomic E-state index is 13.9. The van der Waals surface area contributed by atoms with E-state index in [9.17, 15) is 10.1 Å². The van der Waals surface area contributed by atoms with Crippen molar-refractivity contribution in [2.75, 3.05) is 0 Å². The zero-order valence-corrected chi connectivity index (χ0v) is 20.5. The molecule has 0 spiro atoms. The minimum Gasteiger partial charge on any atom is -0.269 e. The summed E-state index contributed by atoms with van der Waals surface area (Å²) in [5.41, 5.74) is 7.22. The van der Waals surface area contributed by atoms with E-state index in [0.29, 0.717) is 23.8 Å². The van der Waals surface area contributed by atoms with Crippen molar-refractivity contribution in [2.45, 2.75) is 51.9 Å². The number of nitrogens with zero attached hydrogens (tertiary/aromatic N) is 3. The third kappa shape index (κ3) is 4.55. The van der Waals surface area contributed by atoms with Crippen LogP contribution in [0.1, 0.15) is 72.3 Å². The van der Waals surface area contributed by atoms with Crippen LogP contribution >= 0.6 is 0 Å². The van der Waals surface area contributed by atoms with Gasteiger partial charge in [-0.15, -0.1) is 0 Å².